The zero-order valence-electron chi connectivity index (χ0n) is 11.6. The summed E-state index contributed by atoms with van der Waals surface area (Å²) < 4.78 is 1.12. The van der Waals surface area contributed by atoms with E-state index in [-0.39, 0.29) is 0 Å². The molecule has 1 N–H and O–H groups in total. The van der Waals surface area contributed by atoms with Crippen molar-refractivity contribution >= 4 is 15.9 Å². The van der Waals surface area contributed by atoms with E-state index in [1.165, 1.54) is 5.56 Å². The van der Waals surface area contributed by atoms with Gasteiger partial charge in [0.25, 0.3) is 0 Å². The maximum atomic E-state index is 10.4. The molecule has 0 aromatic heterocycles. The summed E-state index contributed by atoms with van der Waals surface area (Å²) in [6.45, 7) is 6.18. The van der Waals surface area contributed by atoms with Crippen LogP contribution < -0.4 is 0 Å². The summed E-state index contributed by atoms with van der Waals surface area (Å²) in [7, 11) is 0. The number of aryl methyl sites for hydroxylation is 3. The third kappa shape index (κ3) is 3.46. The minimum absolute atomic E-state index is 0.451. The molecule has 2 aromatic carbocycles. The zero-order valence-corrected chi connectivity index (χ0v) is 13.2. The lowest BCUT2D eigenvalue weighted by molar-refractivity contribution is 0.178. The summed E-state index contributed by atoms with van der Waals surface area (Å²) in [4.78, 5) is 0. The predicted molar refractivity (Wildman–Crippen MR) is 83.5 cm³/mol. The van der Waals surface area contributed by atoms with E-state index >= 15 is 0 Å². The van der Waals surface area contributed by atoms with Crippen molar-refractivity contribution in [2.24, 2.45) is 0 Å². The van der Waals surface area contributed by atoms with Crippen LogP contribution in [0, 0.1) is 20.8 Å². The highest BCUT2D eigenvalue weighted by molar-refractivity contribution is 9.10. The number of aliphatic hydroxyl groups excluding tert-OH is 1. The third-order valence-electron chi connectivity index (χ3n) is 3.39. The van der Waals surface area contributed by atoms with Gasteiger partial charge in [-0.3, -0.25) is 0 Å². The molecule has 0 saturated carbocycles. The molecule has 2 rings (SSSR count). The van der Waals surface area contributed by atoms with E-state index < -0.39 is 6.10 Å². The molecule has 0 aliphatic heterocycles. The van der Waals surface area contributed by atoms with Gasteiger partial charge < -0.3 is 5.11 Å². The van der Waals surface area contributed by atoms with E-state index in [4.69, 9.17) is 0 Å². The Morgan fingerprint density at radius 1 is 1.00 bits per heavy atom. The van der Waals surface area contributed by atoms with Crippen molar-refractivity contribution in [2.45, 2.75) is 33.3 Å². The van der Waals surface area contributed by atoms with E-state index in [0.717, 1.165) is 26.7 Å². The first-order valence-corrected chi connectivity index (χ1v) is 7.27. The number of hydrogen-bond acceptors (Lipinski definition) is 1. The molecule has 0 saturated heterocycles. The molecule has 0 aliphatic carbocycles. The molecule has 0 fully saturated rings. The van der Waals surface area contributed by atoms with Crippen LogP contribution in [0.1, 0.15) is 33.9 Å². The fourth-order valence-corrected chi connectivity index (χ4v) is 2.47. The average Bonchev–Trinajstić information content (AvgIpc) is 2.38. The Morgan fingerprint density at radius 2 is 1.53 bits per heavy atom. The van der Waals surface area contributed by atoms with Gasteiger partial charge in [0, 0.05) is 10.9 Å². The van der Waals surface area contributed by atoms with Crippen molar-refractivity contribution in [1.82, 2.24) is 0 Å². The molecule has 0 amide bonds. The number of rotatable bonds is 3. The summed E-state index contributed by atoms with van der Waals surface area (Å²) in [5.74, 6) is 0. The molecule has 0 aliphatic rings. The average molecular weight is 319 g/mol. The molecule has 100 valence electrons. The molecule has 1 unspecified atom stereocenters. The molecule has 2 aromatic rings. The molecule has 0 bridgehead atoms. The maximum Gasteiger partial charge on any atom is 0.0830 e. The summed E-state index contributed by atoms with van der Waals surface area (Å²) in [6, 6.07) is 12.4. The highest BCUT2D eigenvalue weighted by Gasteiger charge is 2.11. The predicted octanol–water partition coefficient (Wildman–Crippen LogP) is 4.65. The van der Waals surface area contributed by atoms with Gasteiger partial charge in [0.2, 0.25) is 0 Å². The first kappa shape index (κ1) is 14.3. The van der Waals surface area contributed by atoms with Crippen LogP contribution in [0.4, 0.5) is 0 Å². The van der Waals surface area contributed by atoms with Crippen LogP contribution in [0.5, 0.6) is 0 Å². The first-order chi connectivity index (χ1) is 8.97. The number of aliphatic hydroxyl groups is 1. The van der Waals surface area contributed by atoms with E-state index in [1.54, 1.807) is 0 Å². The highest BCUT2D eigenvalue weighted by atomic mass is 79.9. The molecule has 19 heavy (non-hydrogen) atoms. The van der Waals surface area contributed by atoms with Crippen molar-refractivity contribution < 1.29 is 5.11 Å². The molecule has 2 heteroatoms. The quantitative estimate of drug-likeness (QED) is 0.873. The van der Waals surface area contributed by atoms with Crippen molar-refractivity contribution in [3.05, 3.63) is 68.7 Å². The molecular weight excluding hydrogens is 300 g/mol. The van der Waals surface area contributed by atoms with Crippen molar-refractivity contribution in [1.29, 1.82) is 0 Å². The Labute approximate surface area is 123 Å². The smallest absolute Gasteiger partial charge is 0.0830 e. The van der Waals surface area contributed by atoms with Crippen molar-refractivity contribution in [3.8, 4) is 0 Å². The Morgan fingerprint density at radius 3 is 2.05 bits per heavy atom. The van der Waals surface area contributed by atoms with Gasteiger partial charge in [0.15, 0.2) is 0 Å². The van der Waals surface area contributed by atoms with E-state index in [2.05, 4.69) is 73.1 Å². The van der Waals surface area contributed by atoms with Gasteiger partial charge in [-0.25, -0.2) is 0 Å². The second-order valence-corrected chi connectivity index (χ2v) is 5.97. The number of halogens is 1. The molecular formula is C17H19BrO. The number of benzene rings is 2. The third-order valence-corrected chi connectivity index (χ3v) is 4.64. The lowest BCUT2D eigenvalue weighted by atomic mass is 9.98. The van der Waals surface area contributed by atoms with Gasteiger partial charge in [-0.1, -0.05) is 57.9 Å². The first-order valence-electron chi connectivity index (χ1n) is 6.47. The van der Waals surface area contributed by atoms with Crippen molar-refractivity contribution in [3.63, 3.8) is 0 Å². The van der Waals surface area contributed by atoms with Crippen LogP contribution in [-0.2, 0) is 6.42 Å². The normalized spacial score (nSPS) is 12.5. The van der Waals surface area contributed by atoms with Crippen LogP contribution in [0.25, 0.3) is 0 Å². The van der Waals surface area contributed by atoms with E-state index in [9.17, 15) is 5.11 Å². The Bertz CT molecular complexity index is 549. The van der Waals surface area contributed by atoms with Gasteiger partial charge in [-0.2, -0.15) is 0 Å². The Kier molecular flexibility index (Phi) is 4.43. The van der Waals surface area contributed by atoms with Crippen LogP contribution in [0.2, 0.25) is 0 Å². The van der Waals surface area contributed by atoms with Crippen LogP contribution in [0.3, 0.4) is 0 Å². The fourth-order valence-electron chi connectivity index (χ4n) is 2.24. The largest absolute Gasteiger partial charge is 0.388 e. The zero-order chi connectivity index (χ0) is 14.0. The lowest BCUT2D eigenvalue weighted by Gasteiger charge is -2.14. The highest BCUT2D eigenvalue weighted by Crippen LogP contribution is 2.27. The summed E-state index contributed by atoms with van der Waals surface area (Å²) >= 11 is 3.56. The number of hydrogen-bond donors (Lipinski definition) is 1. The molecule has 0 spiro atoms. The lowest BCUT2D eigenvalue weighted by Crippen LogP contribution is -2.03. The standard InChI is InChI=1S/C17H19BrO/c1-11-4-6-14(7-5-11)10-16(19)15-8-12(2)17(18)13(3)9-15/h4-9,16,19H,10H2,1-3H3. The van der Waals surface area contributed by atoms with Crippen molar-refractivity contribution in [2.75, 3.05) is 0 Å². The van der Waals surface area contributed by atoms with Crippen LogP contribution >= 0.6 is 15.9 Å². The fraction of sp³-hybridized carbons (Fsp3) is 0.294. The summed E-state index contributed by atoms with van der Waals surface area (Å²) in [5.41, 5.74) is 5.72. The maximum absolute atomic E-state index is 10.4. The Hall–Kier alpha value is -1.12. The monoisotopic (exact) mass is 318 g/mol. The second-order valence-electron chi connectivity index (χ2n) is 5.17. The second kappa shape index (κ2) is 5.89. The minimum atomic E-state index is -0.451. The summed E-state index contributed by atoms with van der Waals surface area (Å²) in [5, 5.41) is 10.4. The van der Waals surface area contributed by atoms with Gasteiger partial charge >= 0.3 is 0 Å². The van der Waals surface area contributed by atoms with E-state index in [0.29, 0.717) is 6.42 Å². The Balaban J connectivity index is 2.20. The minimum Gasteiger partial charge on any atom is -0.388 e. The molecule has 0 radical (unpaired) electrons. The van der Waals surface area contributed by atoms with Gasteiger partial charge in [0.1, 0.15) is 0 Å². The van der Waals surface area contributed by atoms with Crippen LogP contribution in [-0.4, -0.2) is 5.11 Å². The van der Waals surface area contributed by atoms with Gasteiger partial charge in [-0.05, 0) is 43.0 Å². The topological polar surface area (TPSA) is 20.2 Å². The molecule has 1 nitrogen and oxygen atoms in total. The van der Waals surface area contributed by atoms with E-state index in [1.807, 2.05) is 0 Å². The molecule has 0 heterocycles. The summed E-state index contributed by atoms with van der Waals surface area (Å²) in [6.07, 6.45) is 0.203. The SMILES string of the molecule is Cc1ccc(CC(O)c2cc(C)c(Br)c(C)c2)cc1. The molecule has 1 atom stereocenters. The van der Waals surface area contributed by atoms with Gasteiger partial charge in [0.05, 0.1) is 6.10 Å². The van der Waals surface area contributed by atoms with Crippen LogP contribution in [0.15, 0.2) is 40.9 Å². The van der Waals surface area contributed by atoms with Gasteiger partial charge in [-0.15, -0.1) is 0 Å².